The molecule has 6 fully saturated rings. The molecule has 0 saturated carbocycles. The van der Waals surface area contributed by atoms with Crippen LogP contribution in [0.5, 0.6) is 0 Å². The average molecular weight is 585 g/mol. The van der Waals surface area contributed by atoms with Crippen LogP contribution in [0.4, 0.5) is 0 Å². The summed E-state index contributed by atoms with van der Waals surface area (Å²) in [7, 11) is 0. The van der Waals surface area contributed by atoms with E-state index in [1.165, 1.54) is 0 Å². The van der Waals surface area contributed by atoms with Gasteiger partial charge in [-0.15, -0.1) is 6.58 Å². The first-order valence-electron chi connectivity index (χ1n) is 16.7. The fraction of sp³-hybridized carbons (Fsp3) is 0.848. The number of carboxylic acid groups (broad SMARTS) is 1. The normalized spacial score (nSPS) is 51.9. The molecule has 6 aliphatic rings. The number of carboxylic acids is 1. The molecule has 0 aromatic carbocycles. The molecule has 6 aliphatic heterocycles. The van der Waals surface area contributed by atoms with E-state index in [-0.39, 0.29) is 54.3 Å². The monoisotopic (exact) mass is 584 g/mol. The molecule has 15 unspecified atom stereocenters. The zero-order valence-electron chi connectivity index (χ0n) is 25.9. The highest BCUT2D eigenvalue weighted by Crippen LogP contribution is 2.47. The van der Waals surface area contributed by atoms with E-state index in [0.717, 1.165) is 25.7 Å². The summed E-state index contributed by atoms with van der Waals surface area (Å²) in [5, 5.41) is 25.4. The van der Waals surface area contributed by atoms with Crippen molar-refractivity contribution in [2.24, 2.45) is 53.3 Å². The van der Waals surface area contributed by atoms with Crippen LogP contribution < -0.4 is 21.3 Å². The van der Waals surface area contributed by atoms with E-state index >= 15 is 0 Å². The van der Waals surface area contributed by atoms with Crippen LogP contribution in [0.1, 0.15) is 73.1 Å². The summed E-state index contributed by atoms with van der Waals surface area (Å²) in [5.41, 5.74) is 0. The SMILES string of the molecule is C=CC1C2CC3NC(CC4NC5C(C(=O)OC(=O)C5C5NC(CC(N2)C1C)[C@@H](C)[C@@H]5CCC(=O)O)C4C)C(CC)C3C. The van der Waals surface area contributed by atoms with Crippen molar-refractivity contribution in [3.8, 4) is 0 Å². The van der Waals surface area contributed by atoms with E-state index in [1.54, 1.807) is 0 Å². The van der Waals surface area contributed by atoms with E-state index in [1.807, 2.05) is 0 Å². The van der Waals surface area contributed by atoms with Crippen LogP contribution in [-0.2, 0) is 19.1 Å². The Morgan fingerprint density at radius 1 is 0.786 bits per heavy atom. The Morgan fingerprint density at radius 3 is 2.02 bits per heavy atom. The van der Waals surface area contributed by atoms with Gasteiger partial charge in [-0.1, -0.05) is 47.1 Å². The van der Waals surface area contributed by atoms with Gasteiger partial charge in [0.05, 0.1) is 11.8 Å². The van der Waals surface area contributed by atoms with Crippen molar-refractivity contribution in [2.75, 3.05) is 0 Å². The summed E-state index contributed by atoms with van der Waals surface area (Å²) in [5.74, 6) is -0.505. The molecule has 9 heteroatoms. The van der Waals surface area contributed by atoms with Gasteiger partial charge in [-0.05, 0) is 67.1 Å². The van der Waals surface area contributed by atoms with E-state index in [0.29, 0.717) is 54.3 Å². The van der Waals surface area contributed by atoms with Gasteiger partial charge in [0.1, 0.15) is 0 Å². The number of aliphatic carboxylic acids is 1. The van der Waals surface area contributed by atoms with Crippen molar-refractivity contribution in [3.63, 3.8) is 0 Å². The van der Waals surface area contributed by atoms with Gasteiger partial charge in [0.2, 0.25) is 0 Å². The van der Waals surface area contributed by atoms with E-state index < -0.39 is 23.8 Å². The summed E-state index contributed by atoms with van der Waals surface area (Å²) in [6, 6.07) is 1.05. The molecule has 8 bridgehead atoms. The van der Waals surface area contributed by atoms with E-state index in [2.05, 4.69) is 68.5 Å². The van der Waals surface area contributed by atoms with Gasteiger partial charge >= 0.3 is 17.9 Å². The fourth-order valence-corrected chi connectivity index (χ4v) is 10.6. The molecule has 6 heterocycles. The first-order chi connectivity index (χ1) is 20.0. The maximum atomic E-state index is 13.6. The third kappa shape index (κ3) is 4.96. The van der Waals surface area contributed by atoms with Gasteiger partial charge in [-0.2, -0.15) is 0 Å². The molecule has 0 aromatic rings. The minimum absolute atomic E-state index is 0.00458. The second-order valence-corrected chi connectivity index (χ2v) is 14.8. The molecule has 6 saturated heterocycles. The lowest BCUT2D eigenvalue weighted by Gasteiger charge is -2.37. The Kier molecular flexibility index (Phi) is 8.35. The van der Waals surface area contributed by atoms with Crippen molar-refractivity contribution < 1.29 is 24.2 Å². The molecule has 234 valence electrons. The van der Waals surface area contributed by atoms with Crippen molar-refractivity contribution >= 4 is 17.9 Å². The van der Waals surface area contributed by atoms with Crippen molar-refractivity contribution in [1.82, 2.24) is 21.3 Å². The number of rotatable bonds is 5. The Hall–Kier alpha value is -1.81. The van der Waals surface area contributed by atoms with Crippen molar-refractivity contribution in [2.45, 2.75) is 121 Å². The number of cyclic esters (lactones) is 2. The summed E-state index contributed by atoms with van der Waals surface area (Å²) in [4.78, 5) is 38.5. The zero-order chi connectivity index (χ0) is 30.0. The Balaban J connectivity index is 1.39. The van der Waals surface area contributed by atoms with Gasteiger partial charge < -0.3 is 31.1 Å². The molecular formula is C33H52N4O5. The van der Waals surface area contributed by atoms with Gasteiger partial charge in [0, 0.05) is 54.8 Å². The highest BCUT2D eigenvalue weighted by molar-refractivity contribution is 5.93. The molecule has 6 rings (SSSR count). The van der Waals surface area contributed by atoms with E-state index in [9.17, 15) is 19.5 Å². The highest BCUT2D eigenvalue weighted by atomic mass is 16.6. The summed E-state index contributed by atoms with van der Waals surface area (Å²) >= 11 is 0. The standard InChI is InChI=1S/C33H52N4O5/c1-7-18-14(3)21-11-23-16(5)20(9-10-27(38)39)30(36-23)29-31-28(32(40)42-33(29)41)17(6)24(37-31)13-26-19(8-2)15(4)22(35-26)12-25(18)34-21/h7,14-26,28-31,34-37H,1,8-13H2,2-6H3,(H,38,39)/t14?,15?,16-,17?,18?,19?,20-,21?,22?,23?,24?,25?,26?,28?,29?,30?,31?/m0/s1. The quantitative estimate of drug-likeness (QED) is 0.188. The molecule has 42 heavy (non-hydrogen) atoms. The van der Waals surface area contributed by atoms with Gasteiger partial charge in [-0.25, -0.2) is 0 Å². The molecule has 5 N–H and O–H groups in total. The number of hydrogen-bond acceptors (Lipinski definition) is 8. The maximum absolute atomic E-state index is 13.6. The first kappa shape index (κ1) is 30.2. The van der Waals surface area contributed by atoms with Crippen LogP contribution in [0.2, 0.25) is 0 Å². The van der Waals surface area contributed by atoms with Crippen LogP contribution in [0, 0.1) is 53.3 Å². The summed E-state index contributed by atoms with van der Waals surface area (Å²) in [6.45, 7) is 15.6. The average Bonchev–Trinajstić information content (AvgIpc) is 3.61. The number of hydrogen-bond donors (Lipinski definition) is 5. The van der Waals surface area contributed by atoms with Gasteiger partial charge in [0.15, 0.2) is 0 Å². The number of fused-ring (bicyclic) bond motifs is 8. The van der Waals surface area contributed by atoms with Gasteiger partial charge in [0.25, 0.3) is 0 Å². The third-order valence-corrected chi connectivity index (χ3v) is 13.0. The highest BCUT2D eigenvalue weighted by Gasteiger charge is 2.60. The molecule has 0 aromatic heterocycles. The largest absolute Gasteiger partial charge is 0.481 e. The topological polar surface area (TPSA) is 129 Å². The molecule has 0 amide bonds. The number of carbonyl (C=O) groups excluding carboxylic acids is 2. The minimum atomic E-state index is -0.820. The second-order valence-electron chi connectivity index (χ2n) is 14.8. The number of ether oxygens (including phenoxy) is 1. The Labute approximate surface area is 250 Å². The van der Waals surface area contributed by atoms with Crippen molar-refractivity contribution in [1.29, 1.82) is 0 Å². The third-order valence-electron chi connectivity index (χ3n) is 13.0. The number of nitrogens with one attached hydrogen (secondary N) is 4. The van der Waals surface area contributed by atoms with Crippen LogP contribution in [-0.4, -0.2) is 71.3 Å². The van der Waals surface area contributed by atoms with Crippen LogP contribution in [0.15, 0.2) is 12.7 Å². The minimum Gasteiger partial charge on any atom is -0.481 e. The predicted octanol–water partition coefficient (Wildman–Crippen LogP) is 2.70. The predicted molar refractivity (Wildman–Crippen MR) is 159 cm³/mol. The fourth-order valence-electron chi connectivity index (χ4n) is 10.6. The molecule has 0 radical (unpaired) electrons. The summed E-state index contributed by atoms with van der Waals surface area (Å²) < 4.78 is 5.51. The Morgan fingerprint density at radius 2 is 1.33 bits per heavy atom. The van der Waals surface area contributed by atoms with Crippen LogP contribution >= 0.6 is 0 Å². The van der Waals surface area contributed by atoms with E-state index in [4.69, 9.17) is 4.74 Å². The molecular weight excluding hydrogens is 532 g/mol. The van der Waals surface area contributed by atoms with Crippen LogP contribution in [0.3, 0.4) is 0 Å². The molecule has 9 nitrogen and oxygen atoms in total. The summed E-state index contributed by atoms with van der Waals surface area (Å²) in [6.07, 6.45) is 6.67. The molecule has 0 spiro atoms. The second kappa shape index (κ2) is 11.6. The molecule has 17 atom stereocenters. The van der Waals surface area contributed by atoms with Gasteiger partial charge in [-0.3, -0.25) is 14.4 Å². The number of esters is 2. The lowest BCUT2D eigenvalue weighted by Crippen LogP contribution is -2.58. The zero-order valence-corrected chi connectivity index (χ0v) is 25.9. The first-order valence-corrected chi connectivity index (χ1v) is 16.7. The van der Waals surface area contributed by atoms with Crippen LogP contribution in [0.25, 0.3) is 0 Å². The Bertz CT molecular complexity index is 1080. The molecule has 0 aliphatic carbocycles. The number of carbonyl (C=O) groups is 3. The maximum Gasteiger partial charge on any atom is 0.319 e. The van der Waals surface area contributed by atoms with Crippen molar-refractivity contribution in [3.05, 3.63) is 12.7 Å². The lowest BCUT2D eigenvalue weighted by atomic mass is 9.72. The smallest absolute Gasteiger partial charge is 0.319 e. The lowest BCUT2D eigenvalue weighted by molar-refractivity contribution is -0.175.